The largest absolute Gasteiger partial charge is 0.375 e. The molecule has 2 N–H and O–H groups in total. The van der Waals surface area contributed by atoms with Crippen molar-refractivity contribution in [1.29, 1.82) is 0 Å². The first kappa shape index (κ1) is 8.64. The maximum atomic E-state index is 5.40. The van der Waals surface area contributed by atoms with Gasteiger partial charge in [-0.15, -0.1) is 11.3 Å². The molecule has 0 aliphatic rings. The summed E-state index contributed by atoms with van der Waals surface area (Å²) in [6.45, 7) is 3.83. The molecule has 11 heavy (non-hydrogen) atoms. The Morgan fingerprint density at radius 3 is 3.09 bits per heavy atom. The number of ether oxygens (including phenoxy) is 1. The second-order valence-corrected chi connectivity index (χ2v) is 3.02. The summed E-state index contributed by atoms with van der Waals surface area (Å²) in [5, 5.41) is 2.97. The number of rotatable bonds is 4. The maximum Gasteiger partial charge on any atom is 0.119 e. The van der Waals surface area contributed by atoms with E-state index in [0.29, 0.717) is 13.2 Å². The molecule has 0 atom stereocenters. The molecule has 0 aromatic carbocycles. The van der Waals surface area contributed by atoms with Crippen molar-refractivity contribution in [3.63, 3.8) is 0 Å². The Morgan fingerprint density at radius 1 is 1.73 bits per heavy atom. The monoisotopic (exact) mass is 172 g/mol. The van der Waals surface area contributed by atoms with Crippen LogP contribution in [0.2, 0.25) is 0 Å². The molecule has 1 heterocycles. The molecule has 0 amide bonds. The van der Waals surface area contributed by atoms with Crippen molar-refractivity contribution in [3.8, 4) is 0 Å². The van der Waals surface area contributed by atoms with Gasteiger partial charge in [-0.1, -0.05) is 0 Å². The number of aromatic nitrogens is 1. The van der Waals surface area contributed by atoms with Crippen LogP contribution in [0.5, 0.6) is 0 Å². The van der Waals surface area contributed by atoms with E-state index in [4.69, 9.17) is 10.5 Å². The quantitative estimate of drug-likeness (QED) is 0.740. The van der Waals surface area contributed by atoms with E-state index in [1.54, 1.807) is 11.3 Å². The minimum Gasteiger partial charge on any atom is -0.375 e. The van der Waals surface area contributed by atoms with Gasteiger partial charge in [-0.25, -0.2) is 4.98 Å². The van der Waals surface area contributed by atoms with Crippen LogP contribution in [0.15, 0.2) is 5.38 Å². The van der Waals surface area contributed by atoms with Gasteiger partial charge in [-0.05, 0) is 6.92 Å². The van der Waals surface area contributed by atoms with Crippen LogP contribution in [0.25, 0.3) is 0 Å². The molecule has 1 aromatic rings. The van der Waals surface area contributed by atoms with Gasteiger partial charge in [0.05, 0.1) is 12.3 Å². The van der Waals surface area contributed by atoms with Crippen LogP contribution in [0.3, 0.4) is 0 Å². The summed E-state index contributed by atoms with van der Waals surface area (Å²) in [4.78, 5) is 4.23. The number of thiazole rings is 1. The topological polar surface area (TPSA) is 48.1 Å². The highest BCUT2D eigenvalue weighted by molar-refractivity contribution is 7.09. The summed E-state index contributed by atoms with van der Waals surface area (Å²) in [7, 11) is 0. The van der Waals surface area contributed by atoms with Gasteiger partial charge < -0.3 is 10.5 Å². The lowest BCUT2D eigenvalue weighted by Gasteiger charge is -1.94. The zero-order valence-electron chi connectivity index (χ0n) is 6.54. The third-order valence-electron chi connectivity index (χ3n) is 1.24. The summed E-state index contributed by atoms with van der Waals surface area (Å²) in [5.41, 5.74) is 6.34. The van der Waals surface area contributed by atoms with Crippen LogP contribution in [0.4, 0.5) is 0 Å². The smallest absolute Gasteiger partial charge is 0.119 e. The van der Waals surface area contributed by atoms with Gasteiger partial charge >= 0.3 is 0 Å². The minimum absolute atomic E-state index is 0.516. The molecule has 0 saturated heterocycles. The maximum absolute atomic E-state index is 5.40. The first-order valence-corrected chi connectivity index (χ1v) is 4.46. The molecule has 3 nitrogen and oxygen atoms in total. The zero-order valence-corrected chi connectivity index (χ0v) is 7.36. The van der Waals surface area contributed by atoms with Gasteiger partial charge in [0, 0.05) is 18.5 Å². The summed E-state index contributed by atoms with van der Waals surface area (Å²) < 4.78 is 5.18. The van der Waals surface area contributed by atoms with Crippen molar-refractivity contribution < 1.29 is 4.74 Å². The Hall–Kier alpha value is -0.450. The van der Waals surface area contributed by atoms with E-state index in [0.717, 1.165) is 17.3 Å². The summed E-state index contributed by atoms with van der Waals surface area (Å²) in [6, 6.07) is 0. The van der Waals surface area contributed by atoms with Gasteiger partial charge in [0.15, 0.2) is 0 Å². The van der Waals surface area contributed by atoms with E-state index in [1.165, 1.54) is 0 Å². The molecule has 0 aliphatic carbocycles. The second-order valence-electron chi connectivity index (χ2n) is 2.07. The van der Waals surface area contributed by atoms with Gasteiger partial charge in [0.1, 0.15) is 5.01 Å². The lowest BCUT2D eigenvalue weighted by Crippen LogP contribution is -1.97. The van der Waals surface area contributed by atoms with E-state index >= 15 is 0 Å². The highest BCUT2D eigenvalue weighted by Crippen LogP contribution is 2.09. The average Bonchev–Trinajstić information content (AvgIpc) is 2.48. The normalized spacial score (nSPS) is 10.4. The molecular weight excluding hydrogens is 160 g/mol. The van der Waals surface area contributed by atoms with Crippen molar-refractivity contribution >= 4 is 11.3 Å². The minimum atomic E-state index is 0.516. The number of hydrogen-bond acceptors (Lipinski definition) is 4. The first-order chi connectivity index (χ1) is 5.36. The number of nitrogens with two attached hydrogens (primary N) is 1. The van der Waals surface area contributed by atoms with E-state index in [2.05, 4.69) is 4.98 Å². The molecule has 0 unspecified atom stereocenters. The summed E-state index contributed by atoms with van der Waals surface area (Å²) >= 11 is 1.60. The predicted octanol–water partition coefficient (Wildman–Crippen LogP) is 1.14. The van der Waals surface area contributed by atoms with Crippen molar-refractivity contribution in [2.75, 3.05) is 6.61 Å². The standard InChI is InChI=1S/C7H12N2OS/c1-2-10-4-7-9-6(3-8)5-11-7/h5H,2-4,8H2,1H3. The summed E-state index contributed by atoms with van der Waals surface area (Å²) in [6.07, 6.45) is 0. The fourth-order valence-corrected chi connectivity index (χ4v) is 1.44. The van der Waals surface area contributed by atoms with Gasteiger partial charge in [0.25, 0.3) is 0 Å². The van der Waals surface area contributed by atoms with Crippen LogP contribution >= 0.6 is 11.3 Å². The van der Waals surface area contributed by atoms with E-state index in [1.807, 2.05) is 12.3 Å². The van der Waals surface area contributed by atoms with Crippen LogP contribution in [-0.2, 0) is 17.9 Å². The van der Waals surface area contributed by atoms with Gasteiger partial charge in [-0.3, -0.25) is 0 Å². The molecule has 0 bridgehead atoms. The molecule has 0 radical (unpaired) electrons. The van der Waals surface area contributed by atoms with Crippen molar-refractivity contribution in [1.82, 2.24) is 4.98 Å². The highest BCUT2D eigenvalue weighted by atomic mass is 32.1. The fraction of sp³-hybridized carbons (Fsp3) is 0.571. The Labute approximate surface area is 70.2 Å². The molecule has 62 valence electrons. The van der Waals surface area contributed by atoms with E-state index in [9.17, 15) is 0 Å². The highest BCUT2D eigenvalue weighted by Gasteiger charge is 1.98. The lowest BCUT2D eigenvalue weighted by molar-refractivity contribution is 0.134. The average molecular weight is 172 g/mol. The van der Waals surface area contributed by atoms with Crippen molar-refractivity contribution in [2.24, 2.45) is 5.73 Å². The van der Waals surface area contributed by atoms with Crippen LogP contribution in [-0.4, -0.2) is 11.6 Å². The molecule has 4 heteroatoms. The lowest BCUT2D eigenvalue weighted by atomic mass is 10.5. The molecule has 0 fully saturated rings. The Bertz CT molecular complexity index is 212. The number of nitrogens with zero attached hydrogens (tertiary/aromatic N) is 1. The van der Waals surface area contributed by atoms with Gasteiger partial charge in [-0.2, -0.15) is 0 Å². The molecule has 1 rings (SSSR count). The SMILES string of the molecule is CCOCc1nc(CN)cs1. The number of hydrogen-bond donors (Lipinski definition) is 1. The molecule has 0 aliphatic heterocycles. The van der Waals surface area contributed by atoms with Crippen molar-refractivity contribution in [3.05, 3.63) is 16.1 Å². The second kappa shape index (κ2) is 4.43. The third kappa shape index (κ3) is 2.57. The zero-order chi connectivity index (χ0) is 8.10. The Morgan fingerprint density at radius 2 is 2.55 bits per heavy atom. The Balaban J connectivity index is 2.44. The summed E-state index contributed by atoms with van der Waals surface area (Å²) in [5.74, 6) is 0. The molecular formula is C7H12N2OS. The molecule has 0 spiro atoms. The van der Waals surface area contributed by atoms with Crippen LogP contribution in [0.1, 0.15) is 17.6 Å². The first-order valence-electron chi connectivity index (χ1n) is 3.58. The molecule has 0 saturated carbocycles. The van der Waals surface area contributed by atoms with Gasteiger partial charge in [0.2, 0.25) is 0 Å². The van der Waals surface area contributed by atoms with E-state index in [-0.39, 0.29) is 0 Å². The van der Waals surface area contributed by atoms with Crippen molar-refractivity contribution in [2.45, 2.75) is 20.1 Å². The van der Waals surface area contributed by atoms with E-state index < -0.39 is 0 Å². The third-order valence-corrected chi connectivity index (χ3v) is 2.11. The Kier molecular flexibility index (Phi) is 3.48. The van der Waals surface area contributed by atoms with Crippen LogP contribution in [0, 0.1) is 0 Å². The van der Waals surface area contributed by atoms with Crippen LogP contribution < -0.4 is 5.73 Å². The predicted molar refractivity (Wildman–Crippen MR) is 45.3 cm³/mol. The molecule has 1 aromatic heterocycles. The fourth-order valence-electron chi connectivity index (χ4n) is 0.698.